The molecule has 1 aromatic rings. The van der Waals surface area contributed by atoms with Gasteiger partial charge in [0.25, 0.3) is 5.91 Å². The molecule has 0 bridgehead atoms. The summed E-state index contributed by atoms with van der Waals surface area (Å²) in [5.41, 5.74) is 0.531. The van der Waals surface area contributed by atoms with E-state index in [-0.39, 0.29) is 18.4 Å². The van der Waals surface area contributed by atoms with Gasteiger partial charge in [-0.05, 0) is 24.5 Å². The highest BCUT2D eigenvalue weighted by Crippen LogP contribution is 2.11. The first-order chi connectivity index (χ1) is 8.41. The fourth-order valence-electron chi connectivity index (χ4n) is 1.84. The molecule has 18 heavy (non-hydrogen) atoms. The molecule has 5 heteroatoms. The van der Waals surface area contributed by atoms with Gasteiger partial charge < -0.3 is 15.0 Å². The summed E-state index contributed by atoms with van der Waals surface area (Å²) in [7, 11) is 1.78. The summed E-state index contributed by atoms with van der Waals surface area (Å²) in [6.07, 6.45) is 2.33. The van der Waals surface area contributed by atoms with Gasteiger partial charge in [0.1, 0.15) is 5.69 Å². The Labute approximate surface area is 107 Å². The summed E-state index contributed by atoms with van der Waals surface area (Å²) in [6, 6.07) is 3.48. The van der Waals surface area contributed by atoms with Gasteiger partial charge >= 0.3 is 5.97 Å². The SMILES string of the molecule is CC(C)CC(CNC(=O)c1cccn1C)C(=O)O. The third kappa shape index (κ3) is 3.91. The molecule has 0 fully saturated rings. The molecule has 0 spiro atoms. The Morgan fingerprint density at radius 1 is 1.44 bits per heavy atom. The van der Waals surface area contributed by atoms with Crippen LogP contribution in [0.15, 0.2) is 18.3 Å². The third-order valence-electron chi connectivity index (χ3n) is 2.79. The van der Waals surface area contributed by atoms with E-state index < -0.39 is 11.9 Å². The lowest BCUT2D eigenvalue weighted by molar-refractivity contribution is -0.142. The number of amides is 1. The zero-order chi connectivity index (χ0) is 13.7. The molecule has 1 amide bonds. The monoisotopic (exact) mass is 252 g/mol. The number of rotatable bonds is 6. The summed E-state index contributed by atoms with van der Waals surface area (Å²) in [5, 5.41) is 11.7. The molecule has 1 heterocycles. The standard InChI is InChI=1S/C13H20N2O3/c1-9(2)7-10(13(17)18)8-14-12(16)11-5-4-6-15(11)3/h4-6,9-10H,7-8H2,1-3H3,(H,14,16)(H,17,18). The molecule has 0 aromatic carbocycles. The molecule has 0 saturated carbocycles. The Morgan fingerprint density at radius 3 is 2.56 bits per heavy atom. The Balaban J connectivity index is 2.55. The third-order valence-corrected chi connectivity index (χ3v) is 2.79. The summed E-state index contributed by atoms with van der Waals surface area (Å²) in [5.74, 6) is -1.35. The summed E-state index contributed by atoms with van der Waals surface area (Å²) in [4.78, 5) is 22.9. The zero-order valence-corrected chi connectivity index (χ0v) is 11.0. The van der Waals surface area contributed by atoms with E-state index in [1.807, 2.05) is 13.8 Å². The van der Waals surface area contributed by atoms with Crippen LogP contribution in [0.1, 0.15) is 30.8 Å². The maximum absolute atomic E-state index is 11.8. The number of aryl methyl sites for hydroxylation is 1. The number of carboxylic acids is 1. The van der Waals surface area contributed by atoms with Gasteiger partial charge in [-0.2, -0.15) is 0 Å². The molecule has 1 atom stereocenters. The fraction of sp³-hybridized carbons (Fsp3) is 0.538. The van der Waals surface area contributed by atoms with Crippen molar-refractivity contribution in [2.45, 2.75) is 20.3 Å². The van der Waals surface area contributed by atoms with Gasteiger partial charge in [0.2, 0.25) is 0 Å². The summed E-state index contributed by atoms with van der Waals surface area (Å²) >= 11 is 0. The minimum atomic E-state index is -0.865. The highest BCUT2D eigenvalue weighted by Gasteiger charge is 2.20. The van der Waals surface area contributed by atoms with Crippen molar-refractivity contribution in [1.29, 1.82) is 0 Å². The summed E-state index contributed by atoms with van der Waals surface area (Å²) in [6.45, 7) is 4.10. The topological polar surface area (TPSA) is 71.3 Å². The number of carboxylic acid groups (broad SMARTS) is 1. The van der Waals surface area contributed by atoms with Crippen LogP contribution in [-0.4, -0.2) is 28.1 Å². The first kappa shape index (κ1) is 14.3. The number of nitrogens with zero attached hydrogens (tertiary/aromatic N) is 1. The molecule has 0 radical (unpaired) electrons. The van der Waals surface area contributed by atoms with E-state index in [1.165, 1.54) is 0 Å². The number of aromatic nitrogens is 1. The van der Waals surface area contributed by atoms with Crippen LogP contribution in [0, 0.1) is 11.8 Å². The van der Waals surface area contributed by atoms with Crippen molar-refractivity contribution in [2.24, 2.45) is 18.9 Å². The molecule has 1 aromatic heterocycles. The van der Waals surface area contributed by atoms with Gasteiger partial charge in [0.05, 0.1) is 5.92 Å². The highest BCUT2D eigenvalue weighted by atomic mass is 16.4. The van der Waals surface area contributed by atoms with Crippen LogP contribution >= 0.6 is 0 Å². The van der Waals surface area contributed by atoms with Crippen molar-refractivity contribution in [3.05, 3.63) is 24.0 Å². The summed E-state index contributed by atoms with van der Waals surface area (Å²) < 4.78 is 1.70. The molecule has 0 aliphatic rings. The van der Waals surface area contributed by atoms with E-state index in [0.29, 0.717) is 12.1 Å². The average molecular weight is 252 g/mol. The van der Waals surface area contributed by atoms with Crippen LogP contribution in [0.3, 0.4) is 0 Å². The molecule has 1 unspecified atom stereocenters. The molecular formula is C13H20N2O3. The van der Waals surface area contributed by atoms with E-state index in [9.17, 15) is 9.59 Å². The number of aliphatic carboxylic acids is 1. The number of carbonyl (C=O) groups is 2. The van der Waals surface area contributed by atoms with Crippen molar-refractivity contribution in [1.82, 2.24) is 9.88 Å². The number of nitrogens with one attached hydrogen (secondary N) is 1. The smallest absolute Gasteiger partial charge is 0.308 e. The molecule has 100 valence electrons. The van der Waals surface area contributed by atoms with Crippen LogP contribution in [0.5, 0.6) is 0 Å². The predicted molar refractivity (Wildman–Crippen MR) is 68.3 cm³/mol. The van der Waals surface area contributed by atoms with Gasteiger partial charge in [-0.3, -0.25) is 9.59 Å². The highest BCUT2D eigenvalue weighted by molar-refractivity contribution is 5.92. The van der Waals surface area contributed by atoms with Gasteiger partial charge in [-0.25, -0.2) is 0 Å². The largest absolute Gasteiger partial charge is 0.481 e. The zero-order valence-electron chi connectivity index (χ0n) is 11.0. The number of hydrogen-bond acceptors (Lipinski definition) is 2. The van der Waals surface area contributed by atoms with E-state index in [2.05, 4.69) is 5.32 Å². The first-order valence-corrected chi connectivity index (χ1v) is 6.04. The van der Waals surface area contributed by atoms with Crippen LogP contribution < -0.4 is 5.32 Å². The molecule has 2 N–H and O–H groups in total. The van der Waals surface area contributed by atoms with Crippen LogP contribution in [0.2, 0.25) is 0 Å². The van der Waals surface area contributed by atoms with E-state index in [0.717, 1.165) is 0 Å². The predicted octanol–water partition coefficient (Wildman–Crippen LogP) is 1.50. The van der Waals surface area contributed by atoms with Crippen molar-refractivity contribution >= 4 is 11.9 Å². The maximum atomic E-state index is 11.8. The van der Waals surface area contributed by atoms with Gasteiger partial charge in [0.15, 0.2) is 0 Å². The molecule has 1 rings (SSSR count). The van der Waals surface area contributed by atoms with E-state index >= 15 is 0 Å². The van der Waals surface area contributed by atoms with E-state index in [4.69, 9.17) is 5.11 Å². The minimum absolute atomic E-state index is 0.164. The lowest BCUT2D eigenvalue weighted by Crippen LogP contribution is -2.34. The second kappa shape index (κ2) is 6.23. The van der Waals surface area contributed by atoms with Crippen LogP contribution in [0.4, 0.5) is 0 Å². The normalized spacial score (nSPS) is 12.4. The van der Waals surface area contributed by atoms with Crippen molar-refractivity contribution < 1.29 is 14.7 Å². The Morgan fingerprint density at radius 2 is 2.11 bits per heavy atom. The minimum Gasteiger partial charge on any atom is -0.481 e. The lowest BCUT2D eigenvalue weighted by atomic mass is 9.97. The van der Waals surface area contributed by atoms with Crippen LogP contribution in [-0.2, 0) is 11.8 Å². The number of carbonyl (C=O) groups excluding carboxylic acids is 1. The Bertz CT molecular complexity index is 424. The molecular weight excluding hydrogens is 232 g/mol. The molecule has 0 saturated heterocycles. The Hall–Kier alpha value is -1.78. The van der Waals surface area contributed by atoms with Crippen molar-refractivity contribution in [2.75, 3.05) is 6.54 Å². The molecule has 5 nitrogen and oxygen atoms in total. The molecule has 0 aliphatic carbocycles. The maximum Gasteiger partial charge on any atom is 0.308 e. The van der Waals surface area contributed by atoms with E-state index in [1.54, 1.807) is 29.9 Å². The molecule has 0 aliphatic heterocycles. The second-order valence-corrected chi connectivity index (χ2v) is 4.88. The van der Waals surface area contributed by atoms with Gasteiger partial charge in [-0.15, -0.1) is 0 Å². The van der Waals surface area contributed by atoms with Gasteiger partial charge in [-0.1, -0.05) is 13.8 Å². The van der Waals surface area contributed by atoms with Crippen molar-refractivity contribution in [3.63, 3.8) is 0 Å². The fourth-order valence-corrected chi connectivity index (χ4v) is 1.84. The average Bonchev–Trinajstić information content (AvgIpc) is 2.69. The Kier molecular flexibility index (Phi) is 4.95. The second-order valence-electron chi connectivity index (χ2n) is 4.88. The van der Waals surface area contributed by atoms with Gasteiger partial charge in [0, 0.05) is 19.8 Å². The first-order valence-electron chi connectivity index (χ1n) is 6.04. The lowest BCUT2D eigenvalue weighted by Gasteiger charge is -2.15. The number of hydrogen-bond donors (Lipinski definition) is 2. The quantitative estimate of drug-likeness (QED) is 0.806. The van der Waals surface area contributed by atoms with Crippen molar-refractivity contribution in [3.8, 4) is 0 Å². The van der Waals surface area contributed by atoms with Crippen LogP contribution in [0.25, 0.3) is 0 Å².